The number of benzene rings is 1. The lowest BCUT2D eigenvalue weighted by atomic mass is 10.1. The smallest absolute Gasteiger partial charge is 0.287 e. The molecule has 0 atom stereocenters. The number of nitrogens with zero attached hydrogens (tertiary/aromatic N) is 2. The van der Waals surface area contributed by atoms with Crippen molar-refractivity contribution in [1.82, 2.24) is 0 Å². The van der Waals surface area contributed by atoms with Crippen molar-refractivity contribution in [2.75, 3.05) is 25.1 Å². The molecule has 0 saturated carbocycles. The van der Waals surface area contributed by atoms with E-state index in [0.717, 1.165) is 25.9 Å². The highest BCUT2D eigenvalue weighted by Gasteiger charge is 2.13. The molecule has 0 heterocycles. The van der Waals surface area contributed by atoms with Crippen molar-refractivity contribution in [3.63, 3.8) is 0 Å². The van der Waals surface area contributed by atoms with Gasteiger partial charge in [0, 0.05) is 31.5 Å². The molecule has 0 aliphatic rings. The Morgan fingerprint density at radius 3 is 2.80 bits per heavy atom. The summed E-state index contributed by atoms with van der Waals surface area (Å²) in [6, 6.07) is 6.29. The van der Waals surface area contributed by atoms with Crippen LogP contribution in [0.1, 0.15) is 31.7 Å². The fourth-order valence-corrected chi connectivity index (χ4v) is 1.65. The molecule has 6 nitrogen and oxygen atoms in total. The van der Waals surface area contributed by atoms with Crippen LogP contribution >= 0.6 is 0 Å². The molecule has 0 fully saturated rings. The number of ether oxygens (including phenoxy) is 1. The molecular weight excluding hydrogens is 258 g/mol. The second-order valence-corrected chi connectivity index (χ2v) is 4.35. The summed E-state index contributed by atoms with van der Waals surface area (Å²) in [7, 11) is 0. The lowest BCUT2D eigenvalue weighted by Gasteiger charge is -2.07. The SMILES string of the molecule is CCCCOCCCNc1ccc([N+](=O)[O-])c(C#N)c1. The zero-order valence-electron chi connectivity index (χ0n) is 11.6. The maximum Gasteiger partial charge on any atom is 0.287 e. The molecular formula is C14H19N3O3. The highest BCUT2D eigenvalue weighted by atomic mass is 16.6. The zero-order chi connectivity index (χ0) is 14.8. The van der Waals surface area contributed by atoms with Crippen LogP contribution in [0.2, 0.25) is 0 Å². The first-order valence-electron chi connectivity index (χ1n) is 6.69. The standard InChI is InChI=1S/C14H19N3O3/c1-2-3-8-20-9-4-7-16-13-5-6-14(17(18)19)12(10-13)11-15/h5-6,10,16H,2-4,7-9H2,1H3. The summed E-state index contributed by atoms with van der Waals surface area (Å²) in [6.45, 7) is 4.29. The predicted molar refractivity (Wildman–Crippen MR) is 76.6 cm³/mol. The molecule has 1 aromatic rings. The molecule has 0 bridgehead atoms. The molecule has 6 heteroatoms. The number of nitro groups is 1. The fourth-order valence-electron chi connectivity index (χ4n) is 1.65. The Labute approximate surface area is 118 Å². The Balaban J connectivity index is 2.38. The van der Waals surface area contributed by atoms with Crippen LogP contribution in [0.4, 0.5) is 11.4 Å². The fraction of sp³-hybridized carbons (Fsp3) is 0.500. The summed E-state index contributed by atoms with van der Waals surface area (Å²) >= 11 is 0. The largest absolute Gasteiger partial charge is 0.385 e. The normalized spacial score (nSPS) is 10.0. The van der Waals surface area contributed by atoms with E-state index in [1.807, 2.05) is 6.07 Å². The minimum absolute atomic E-state index is 0.0687. The van der Waals surface area contributed by atoms with Gasteiger partial charge in [-0.15, -0.1) is 0 Å². The van der Waals surface area contributed by atoms with Gasteiger partial charge in [-0.2, -0.15) is 5.26 Å². The van der Waals surface area contributed by atoms with E-state index in [-0.39, 0.29) is 11.3 Å². The van der Waals surface area contributed by atoms with E-state index < -0.39 is 4.92 Å². The monoisotopic (exact) mass is 277 g/mol. The summed E-state index contributed by atoms with van der Waals surface area (Å²) < 4.78 is 5.43. The molecule has 0 saturated heterocycles. The van der Waals surface area contributed by atoms with Crippen molar-refractivity contribution in [2.45, 2.75) is 26.2 Å². The van der Waals surface area contributed by atoms with E-state index in [9.17, 15) is 10.1 Å². The molecule has 1 rings (SSSR count). The van der Waals surface area contributed by atoms with Crippen molar-refractivity contribution in [3.05, 3.63) is 33.9 Å². The van der Waals surface area contributed by atoms with E-state index in [1.54, 1.807) is 6.07 Å². The van der Waals surface area contributed by atoms with Crippen LogP contribution in [-0.2, 0) is 4.74 Å². The highest BCUT2D eigenvalue weighted by molar-refractivity contribution is 5.58. The molecule has 0 aromatic heterocycles. The number of nitrogens with one attached hydrogen (secondary N) is 1. The summed E-state index contributed by atoms with van der Waals surface area (Å²) in [5.74, 6) is 0. The van der Waals surface area contributed by atoms with Crippen LogP contribution in [0.15, 0.2) is 18.2 Å². The maximum atomic E-state index is 10.7. The molecule has 108 valence electrons. The van der Waals surface area contributed by atoms with E-state index >= 15 is 0 Å². The Hall–Kier alpha value is -2.13. The topological polar surface area (TPSA) is 88.2 Å². The lowest BCUT2D eigenvalue weighted by Crippen LogP contribution is -2.06. The summed E-state index contributed by atoms with van der Waals surface area (Å²) in [5.41, 5.74) is 0.612. The second kappa shape index (κ2) is 8.88. The number of hydrogen-bond acceptors (Lipinski definition) is 5. The first-order chi connectivity index (χ1) is 9.69. The number of unbranched alkanes of at least 4 members (excludes halogenated alkanes) is 1. The first kappa shape index (κ1) is 15.9. The Morgan fingerprint density at radius 2 is 2.15 bits per heavy atom. The van der Waals surface area contributed by atoms with Gasteiger partial charge >= 0.3 is 0 Å². The molecule has 1 N–H and O–H groups in total. The van der Waals surface area contributed by atoms with E-state index in [2.05, 4.69) is 12.2 Å². The minimum atomic E-state index is -0.552. The molecule has 0 unspecified atom stereocenters. The van der Waals surface area contributed by atoms with Gasteiger partial charge in [-0.05, 0) is 25.0 Å². The number of nitro benzene ring substituents is 1. The highest BCUT2D eigenvalue weighted by Crippen LogP contribution is 2.21. The van der Waals surface area contributed by atoms with Crippen LogP contribution in [-0.4, -0.2) is 24.7 Å². The second-order valence-electron chi connectivity index (χ2n) is 4.35. The van der Waals surface area contributed by atoms with Crippen molar-refractivity contribution in [2.24, 2.45) is 0 Å². The molecule has 0 spiro atoms. The average molecular weight is 277 g/mol. The number of anilines is 1. The lowest BCUT2D eigenvalue weighted by molar-refractivity contribution is -0.385. The van der Waals surface area contributed by atoms with Gasteiger partial charge in [0.2, 0.25) is 0 Å². The molecule has 0 aliphatic carbocycles. The van der Waals surface area contributed by atoms with Crippen molar-refractivity contribution in [1.29, 1.82) is 5.26 Å². The number of hydrogen-bond donors (Lipinski definition) is 1. The van der Waals surface area contributed by atoms with Crippen molar-refractivity contribution in [3.8, 4) is 6.07 Å². The molecule has 1 aromatic carbocycles. The van der Waals surface area contributed by atoms with Crippen molar-refractivity contribution < 1.29 is 9.66 Å². The average Bonchev–Trinajstić information content (AvgIpc) is 2.45. The summed E-state index contributed by atoms with van der Waals surface area (Å²) in [4.78, 5) is 10.1. The van der Waals surface area contributed by atoms with E-state index in [1.165, 1.54) is 12.1 Å². The number of nitriles is 1. The van der Waals surface area contributed by atoms with Crippen LogP contribution < -0.4 is 5.32 Å². The molecule has 0 radical (unpaired) electrons. The van der Waals surface area contributed by atoms with Crippen LogP contribution in [0.5, 0.6) is 0 Å². The van der Waals surface area contributed by atoms with E-state index in [0.29, 0.717) is 18.8 Å². The van der Waals surface area contributed by atoms with Gasteiger partial charge in [-0.25, -0.2) is 0 Å². The first-order valence-corrected chi connectivity index (χ1v) is 6.69. The third kappa shape index (κ3) is 5.24. The molecule has 0 amide bonds. The van der Waals surface area contributed by atoms with Gasteiger partial charge < -0.3 is 10.1 Å². The van der Waals surface area contributed by atoms with Crippen LogP contribution in [0.25, 0.3) is 0 Å². The predicted octanol–water partition coefficient (Wildman–Crippen LogP) is 3.09. The van der Waals surface area contributed by atoms with E-state index in [4.69, 9.17) is 10.00 Å². The Morgan fingerprint density at radius 1 is 1.40 bits per heavy atom. The molecule has 0 aliphatic heterocycles. The summed E-state index contributed by atoms with van der Waals surface area (Å²) in [6.07, 6.45) is 3.04. The van der Waals surface area contributed by atoms with Crippen LogP contribution in [0.3, 0.4) is 0 Å². The third-order valence-corrected chi connectivity index (χ3v) is 2.75. The van der Waals surface area contributed by atoms with Gasteiger partial charge in [0.1, 0.15) is 11.6 Å². The quantitative estimate of drug-likeness (QED) is 0.425. The van der Waals surface area contributed by atoms with Gasteiger partial charge in [0.15, 0.2) is 0 Å². The van der Waals surface area contributed by atoms with Gasteiger partial charge in [0.25, 0.3) is 5.69 Å². The molecule has 20 heavy (non-hydrogen) atoms. The zero-order valence-corrected chi connectivity index (χ0v) is 11.6. The van der Waals surface area contributed by atoms with Gasteiger partial charge in [-0.1, -0.05) is 13.3 Å². The Bertz CT molecular complexity index is 483. The van der Waals surface area contributed by atoms with Gasteiger partial charge in [0.05, 0.1) is 4.92 Å². The number of rotatable bonds is 9. The summed E-state index contributed by atoms with van der Waals surface area (Å²) in [5, 5.41) is 22.7. The van der Waals surface area contributed by atoms with Crippen LogP contribution in [0, 0.1) is 21.4 Å². The third-order valence-electron chi connectivity index (χ3n) is 2.75. The van der Waals surface area contributed by atoms with Crippen molar-refractivity contribution >= 4 is 11.4 Å². The maximum absolute atomic E-state index is 10.7. The van der Waals surface area contributed by atoms with Gasteiger partial charge in [-0.3, -0.25) is 10.1 Å². The minimum Gasteiger partial charge on any atom is -0.385 e. The Kier molecular flexibility index (Phi) is 7.07.